The Morgan fingerprint density at radius 2 is 1.20 bits per heavy atom. The monoisotopic (exact) mass is 1250 g/mol. The normalized spacial score (nSPS) is 19.3. The predicted molar refractivity (Wildman–Crippen MR) is 332 cm³/mol. The van der Waals surface area contributed by atoms with E-state index in [1.807, 2.05) is 59.4 Å². The first-order valence-corrected chi connectivity index (χ1v) is 30.4. The topological polar surface area (TPSA) is 187 Å². The molecule has 0 radical (unpaired) electrons. The van der Waals surface area contributed by atoms with Crippen molar-refractivity contribution >= 4 is 51.6 Å². The van der Waals surface area contributed by atoms with E-state index in [2.05, 4.69) is 21.5 Å². The van der Waals surface area contributed by atoms with Crippen LogP contribution < -0.4 is 30.7 Å². The zero-order valence-corrected chi connectivity index (χ0v) is 51.6. The summed E-state index contributed by atoms with van der Waals surface area (Å²) in [4.78, 5) is 92.8. The summed E-state index contributed by atoms with van der Waals surface area (Å²) in [5, 5.41) is 0.168. The van der Waals surface area contributed by atoms with Crippen molar-refractivity contribution in [2.24, 2.45) is 0 Å². The summed E-state index contributed by atoms with van der Waals surface area (Å²) in [6.45, 7) is 20.7. The van der Waals surface area contributed by atoms with Gasteiger partial charge in [-0.1, -0.05) is 40.3 Å². The minimum atomic E-state index is -1.88. The first-order valence-electron chi connectivity index (χ1n) is 30.4. The van der Waals surface area contributed by atoms with Crippen LogP contribution in [0.1, 0.15) is 115 Å². The van der Waals surface area contributed by atoms with Gasteiger partial charge in [-0.25, -0.2) is 55.0 Å². The highest BCUT2D eigenvalue weighted by Crippen LogP contribution is 2.43. The Hall–Kier alpha value is -9.48. The highest BCUT2D eigenvalue weighted by Gasteiger charge is 2.38. The van der Waals surface area contributed by atoms with Crippen molar-refractivity contribution in [2.75, 3.05) is 42.6 Å². The molecule has 0 aliphatic carbocycles. The lowest BCUT2D eigenvalue weighted by molar-refractivity contribution is -0.129. The first kappa shape index (κ1) is 61.7. The van der Waals surface area contributed by atoms with Gasteiger partial charge in [0.05, 0.1) is 63.1 Å². The Morgan fingerprint density at radius 3 is 1.79 bits per heavy atom. The number of anilines is 2. The van der Waals surface area contributed by atoms with Crippen molar-refractivity contribution in [3.63, 3.8) is 0 Å². The van der Waals surface area contributed by atoms with E-state index < -0.39 is 105 Å². The second-order valence-electron chi connectivity index (χ2n) is 24.6. The number of piperazine rings is 2. The van der Waals surface area contributed by atoms with Gasteiger partial charge in [0.15, 0.2) is 40.4 Å². The number of rotatable bonds is 7. The number of carbonyl (C=O) groups is 2. The van der Waals surface area contributed by atoms with Crippen molar-refractivity contribution in [3.05, 3.63) is 158 Å². The Labute approximate surface area is 519 Å². The highest BCUT2D eigenvalue weighted by atomic mass is 19.2. The fourth-order valence-electron chi connectivity index (χ4n) is 13.0. The number of hydrogen-bond donors (Lipinski definition) is 0. The number of carbonyl (C=O) groups excluding carboxylic acids is 2. The molecule has 0 N–H and O–H groups in total. The molecule has 2 amide bonds. The maximum atomic E-state index is 17.0. The van der Waals surface area contributed by atoms with E-state index >= 15 is 26.7 Å². The average Bonchev–Trinajstić information content (AvgIpc) is 0.759. The maximum absolute atomic E-state index is 17.0. The molecule has 91 heavy (non-hydrogen) atoms. The number of halogens is 6. The van der Waals surface area contributed by atoms with Crippen LogP contribution in [0.5, 0.6) is 11.5 Å². The SMILES string of the molecule is C=CC(=O)N1C[C@H](C)N(c2nc(=O)n3c4nc(c(F)cc24)-c2c(cc(F)c(F)c2F)OCCCc2cc(/C=C\C(=O)N4C[C@H](C)N(c5nc(=O)n6c7nc(c(F)cc57)-c5c(F)cccc5OC(C)CCc5ccnc(C(C)C)c5-6)C[C@H]4C)nc(C(C)C)c2-3)C[C@H]1C. The number of aromatic nitrogens is 8. The van der Waals surface area contributed by atoms with E-state index in [4.69, 9.17) is 24.4 Å². The van der Waals surface area contributed by atoms with Gasteiger partial charge < -0.3 is 29.1 Å². The van der Waals surface area contributed by atoms with Gasteiger partial charge in [0.1, 0.15) is 40.3 Å². The lowest BCUT2D eigenvalue weighted by Crippen LogP contribution is -2.58. The minimum Gasteiger partial charge on any atom is -0.493 e. The quantitative estimate of drug-likeness (QED) is 0.0833. The number of aryl methyl sites for hydroxylation is 2. The maximum Gasteiger partial charge on any atom is 0.355 e. The summed E-state index contributed by atoms with van der Waals surface area (Å²) in [5.41, 5.74) is -0.765. The summed E-state index contributed by atoms with van der Waals surface area (Å²) in [7, 11) is 0. The van der Waals surface area contributed by atoms with Gasteiger partial charge in [-0.05, 0) is 132 Å². The fraction of sp³-hybridized carbons (Fsp3) is 0.373. The molecule has 10 heterocycles. The lowest BCUT2D eigenvalue weighted by atomic mass is 9.99. The van der Waals surface area contributed by atoms with Crippen LogP contribution in [0.15, 0.2) is 83.0 Å². The molecule has 0 saturated carbocycles. The van der Waals surface area contributed by atoms with E-state index in [0.29, 0.717) is 47.2 Å². The third-order valence-electron chi connectivity index (χ3n) is 17.5. The third-order valence-corrected chi connectivity index (χ3v) is 17.5. The smallest absolute Gasteiger partial charge is 0.355 e. The van der Waals surface area contributed by atoms with Crippen molar-refractivity contribution in [1.29, 1.82) is 0 Å². The molecule has 2 aromatic carbocycles. The summed E-state index contributed by atoms with van der Waals surface area (Å²) in [6, 6.07) is 8.61. The fourth-order valence-corrected chi connectivity index (χ4v) is 13.0. The van der Waals surface area contributed by atoms with Crippen LogP contribution in [0.4, 0.5) is 38.0 Å². The number of hydrogen-bond acceptors (Lipinski definition) is 14. The molecule has 5 atom stereocenters. The van der Waals surface area contributed by atoms with Crippen LogP contribution in [0.2, 0.25) is 0 Å². The van der Waals surface area contributed by atoms with E-state index in [1.54, 1.807) is 53.0 Å². The van der Waals surface area contributed by atoms with E-state index in [0.717, 1.165) is 11.6 Å². The molecule has 0 spiro atoms. The van der Waals surface area contributed by atoms with Crippen molar-refractivity contribution < 1.29 is 45.4 Å². The van der Waals surface area contributed by atoms with E-state index in [9.17, 15) is 18.8 Å². The average molecular weight is 1250 g/mol. The Balaban J connectivity index is 0.924. The number of amides is 2. The van der Waals surface area contributed by atoms with Crippen molar-refractivity contribution in [2.45, 2.75) is 130 Å². The molecule has 4 aliphatic rings. The number of ether oxygens (including phenoxy) is 2. The Bertz CT molecular complexity index is 4500. The van der Waals surface area contributed by atoms with Gasteiger partial charge >= 0.3 is 11.4 Å². The molecule has 4 aliphatic heterocycles. The largest absolute Gasteiger partial charge is 0.493 e. The Morgan fingerprint density at radius 1 is 0.615 bits per heavy atom. The third kappa shape index (κ3) is 10.9. The highest BCUT2D eigenvalue weighted by molar-refractivity contribution is 5.95. The van der Waals surface area contributed by atoms with E-state index in [1.165, 1.54) is 39.5 Å². The summed E-state index contributed by atoms with van der Waals surface area (Å²) < 4.78 is 111. The minimum absolute atomic E-state index is 0.00376. The molecule has 4 bridgehead atoms. The number of pyridine rings is 4. The summed E-state index contributed by atoms with van der Waals surface area (Å²) in [6.07, 6.45) is 6.52. The zero-order valence-electron chi connectivity index (χ0n) is 51.6. The zero-order chi connectivity index (χ0) is 64.8. The van der Waals surface area contributed by atoms with Gasteiger partial charge in [-0.2, -0.15) is 9.97 Å². The number of fused-ring (bicyclic) bond motifs is 10. The summed E-state index contributed by atoms with van der Waals surface area (Å²) in [5.74, 6) is -9.67. The standard InChI is InChI=1S/C67H66F6N12O6/c1-11-50(86)80-28-36(8)82(30-34(80)6)63-43-26-47(71)59-53-49(27-45(69)54(72)55(53)73)90-23-13-14-40-24-41(75-57(33(4)5)61(40)85(65(43)77-59)67(89)79-63)19-20-51(87)81-29-37(9)83(31-35(81)7)62-42-25-46(70)58-52-44(68)15-12-16-48(52)91-38(10)17-18-39-21-22-74-56(32(2)3)60(39)84(64(42)76-58)66(88)78-62/h11-12,15-16,19-22,24-27,32-38H,1,13-14,17-18,23,28-31H2,2-10H3/b20-19-/t34-,35-,36+,37+,38?/m1/s1. The molecule has 2 saturated heterocycles. The van der Waals surface area contributed by atoms with Gasteiger partial charge in [0.25, 0.3) is 0 Å². The molecule has 24 heteroatoms. The van der Waals surface area contributed by atoms with Crippen LogP contribution in [0.3, 0.4) is 0 Å². The van der Waals surface area contributed by atoms with E-state index in [-0.39, 0.29) is 114 Å². The molecule has 2 fully saturated rings. The van der Waals surface area contributed by atoms with Crippen LogP contribution in [0, 0.1) is 34.9 Å². The van der Waals surface area contributed by atoms with Gasteiger partial charge in [0, 0.05) is 68.7 Å². The second kappa shape index (κ2) is 24.0. The van der Waals surface area contributed by atoms with Gasteiger partial charge in [0.2, 0.25) is 11.8 Å². The van der Waals surface area contributed by atoms with Gasteiger partial charge in [-0.15, -0.1) is 0 Å². The predicted octanol–water partition coefficient (Wildman–Crippen LogP) is 10.9. The van der Waals surface area contributed by atoms with Crippen molar-refractivity contribution in [1.82, 2.24) is 48.8 Å². The van der Waals surface area contributed by atoms with Crippen molar-refractivity contribution in [3.8, 4) is 45.4 Å². The second-order valence-corrected chi connectivity index (χ2v) is 24.6. The first-order chi connectivity index (χ1) is 43.4. The molecule has 6 aromatic heterocycles. The molecule has 8 aromatic rings. The molecule has 472 valence electrons. The molecule has 18 nitrogen and oxygen atoms in total. The van der Waals surface area contributed by atoms with Gasteiger partial charge in [-0.3, -0.25) is 19.6 Å². The molecule has 1 unspecified atom stereocenters. The van der Waals surface area contributed by atoms with Crippen LogP contribution in [-0.2, 0) is 22.4 Å². The van der Waals surface area contributed by atoms with Crippen LogP contribution in [-0.4, -0.2) is 124 Å². The summed E-state index contributed by atoms with van der Waals surface area (Å²) >= 11 is 0. The van der Waals surface area contributed by atoms with Crippen LogP contribution >= 0.6 is 0 Å². The lowest BCUT2D eigenvalue weighted by Gasteiger charge is -2.44. The molecule has 12 rings (SSSR count). The molecular formula is C67H66F6N12O6. The number of nitrogens with zero attached hydrogens (tertiary/aromatic N) is 12. The molecular weight excluding hydrogens is 1180 g/mol. The van der Waals surface area contributed by atoms with Crippen LogP contribution in [0.25, 0.3) is 62.0 Å². The number of benzene rings is 2. The Kier molecular flexibility index (Phi) is 16.3.